The van der Waals surface area contributed by atoms with E-state index in [-0.39, 0.29) is 4.90 Å². The van der Waals surface area contributed by atoms with Crippen LogP contribution in [0.4, 0.5) is 11.4 Å². The van der Waals surface area contributed by atoms with Gasteiger partial charge in [-0.2, -0.15) is 0 Å². The molecule has 0 amide bonds. The van der Waals surface area contributed by atoms with Crippen molar-refractivity contribution in [2.45, 2.75) is 18.7 Å². The highest BCUT2D eigenvalue weighted by atomic mass is 32.2. The number of nitrogens with two attached hydrogens (primary N) is 1. The number of benzene rings is 2. The molecule has 112 valence electrons. The van der Waals surface area contributed by atoms with Crippen LogP contribution >= 0.6 is 0 Å². The van der Waals surface area contributed by atoms with Gasteiger partial charge in [0.15, 0.2) is 0 Å². The van der Waals surface area contributed by atoms with Gasteiger partial charge < -0.3 is 10.5 Å². The molecular weight excluding hydrogens is 288 g/mol. The predicted molar refractivity (Wildman–Crippen MR) is 84.1 cm³/mol. The number of nitrogen functional groups attached to an aromatic ring is 1. The first-order valence-electron chi connectivity index (χ1n) is 6.36. The molecule has 2 aromatic carbocycles. The van der Waals surface area contributed by atoms with Gasteiger partial charge in [0.1, 0.15) is 5.75 Å². The summed E-state index contributed by atoms with van der Waals surface area (Å²) in [6.45, 7) is 3.61. The van der Waals surface area contributed by atoms with Gasteiger partial charge in [0.05, 0.1) is 17.7 Å². The van der Waals surface area contributed by atoms with Crippen LogP contribution in [0.5, 0.6) is 5.75 Å². The van der Waals surface area contributed by atoms with E-state index >= 15 is 0 Å². The second-order valence-corrected chi connectivity index (χ2v) is 6.55. The van der Waals surface area contributed by atoms with E-state index in [1.807, 2.05) is 6.92 Å². The fraction of sp³-hybridized carbons (Fsp3) is 0.200. The van der Waals surface area contributed by atoms with Crippen molar-refractivity contribution >= 4 is 21.4 Å². The number of hydrogen-bond donors (Lipinski definition) is 2. The minimum Gasteiger partial charge on any atom is -0.497 e. The summed E-state index contributed by atoms with van der Waals surface area (Å²) in [6, 6.07) is 9.88. The summed E-state index contributed by atoms with van der Waals surface area (Å²) < 4.78 is 32.5. The van der Waals surface area contributed by atoms with E-state index in [1.54, 1.807) is 44.4 Å². The van der Waals surface area contributed by atoms with Crippen LogP contribution in [0.3, 0.4) is 0 Å². The normalized spacial score (nSPS) is 11.2. The zero-order chi connectivity index (χ0) is 15.6. The molecule has 0 aliphatic heterocycles. The molecule has 0 spiro atoms. The summed E-state index contributed by atoms with van der Waals surface area (Å²) in [5.41, 5.74) is 8.21. The number of ether oxygens (including phenoxy) is 1. The van der Waals surface area contributed by atoms with Gasteiger partial charge in [0.25, 0.3) is 10.0 Å². The van der Waals surface area contributed by atoms with E-state index in [1.165, 1.54) is 6.07 Å². The van der Waals surface area contributed by atoms with Crippen LogP contribution in [-0.4, -0.2) is 15.5 Å². The lowest BCUT2D eigenvalue weighted by molar-refractivity contribution is 0.414. The topological polar surface area (TPSA) is 81.4 Å². The molecule has 0 heterocycles. The van der Waals surface area contributed by atoms with Gasteiger partial charge >= 0.3 is 0 Å². The highest BCUT2D eigenvalue weighted by molar-refractivity contribution is 7.92. The minimum atomic E-state index is -3.67. The Balaban J connectivity index is 2.37. The Bertz CT molecular complexity index is 750. The minimum absolute atomic E-state index is 0.148. The van der Waals surface area contributed by atoms with Crippen LogP contribution in [0.25, 0.3) is 0 Å². The first-order valence-corrected chi connectivity index (χ1v) is 7.85. The molecule has 3 N–H and O–H groups in total. The lowest BCUT2D eigenvalue weighted by Crippen LogP contribution is -2.14. The Morgan fingerprint density at radius 2 is 1.81 bits per heavy atom. The van der Waals surface area contributed by atoms with Crippen LogP contribution < -0.4 is 15.2 Å². The maximum Gasteiger partial charge on any atom is 0.261 e. The van der Waals surface area contributed by atoms with E-state index in [4.69, 9.17) is 10.5 Å². The van der Waals surface area contributed by atoms with E-state index in [2.05, 4.69) is 4.72 Å². The zero-order valence-corrected chi connectivity index (χ0v) is 13.0. The first kappa shape index (κ1) is 15.2. The third-order valence-corrected chi connectivity index (χ3v) is 4.41. The molecular formula is C15H18N2O3S. The zero-order valence-electron chi connectivity index (χ0n) is 12.2. The number of anilines is 2. The quantitative estimate of drug-likeness (QED) is 0.851. The molecule has 0 saturated heterocycles. The van der Waals surface area contributed by atoms with Crippen molar-refractivity contribution in [1.82, 2.24) is 0 Å². The molecule has 0 unspecified atom stereocenters. The monoisotopic (exact) mass is 306 g/mol. The van der Waals surface area contributed by atoms with Gasteiger partial charge in [-0.15, -0.1) is 0 Å². The van der Waals surface area contributed by atoms with Gasteiger partial charge in [-0.3, -0.25) is 4.72 Å². The van der Waals surface area contributed by atoms with Crippen molar-refractivity contribution in [3.05, 3.63) is 47.5 Å². The molecule has 2 aromatic rings. The summed E-state index contributed by atoms with van der Waals surface area (Å²) in [7, 11) is -2.11. The molecule has 0 aromatic heterocycles. The highest BCUT2D eigenvalue weighted by Crippen LogP contribution is 2.25. The third-order valence-electron chi connectivity index (χ3n) is 3.06. The fourth-order valence-electron chi connectivity index (χ4n) is 2.01. The SMILES string of the molecule is COc1ccc(NS(=O)(=O)c2cc(C)cc(N)c2)c(C)c1. The second kappa shape index (κ2) is 5.65. The fourth-order valence-corrected chi connectivity index (χ4v) is 3.28. The van der Waals surface area contributed by atoms with Crippen LogP contribution in [-0.2, 0) is 10.0 Å². The van der Waals surface area contributed by atoms with Crippen LogP contribution in [0.1, 0.15) is 11.1 Å². The maximum atomic E-state index is 12.4. The number of hydrogen-bond acceptors (Lipinski definition) is 4. The Morgan fingerprint density at radius 3 is 2.38 bits per heavy atom. The van der Waals surface area contributed by atoms with E-state index < -0.39 is 10.0 Å². The second-order valence-electron chi connectivity index (χ2n) is 4.87. The third kappa shape index (κ3) is 3.46. The van der Waals surface area contributed by atoms with Crippen molar-refractivity contribution in [2.75, 3.05) is 17.6 Å². The summed E-state index contributed by atoms with van der Waals surface area (Å²) in [5, 5.41) is 0. The van der Waals surface area contributed by atoms with E-state index in [9.17, 15) is 8.42 Å². The average Bonchev–Trinajstić information content (AvgIpc) is 2.40. The summed E-state index contributed by atoms with van der Waals surface area (Å²) >= 11 is 0. The standard InChI is InChI=1S/C15H18N2O3S/c1-10-6-12(16)9-14(7-10)21(18,19)17-15-5-4-13(20-3)8-11(15)2/h4-9,17H,16H2,1-3H3. The first-order chi connectivity index (χ1) is 9.81. The summed E-state index contributed by atoms with van der Waals surface area (Å²) in [5.74, 6) is 0.676. The molecule has 0 fully saturated rings. The molecule has 0 saturated carbocycles. The Morgan fingerprint density at radius 1 is 1.10 bits per heavy atom. The average molecular weight is 306 g/mol. The summed E-state index contributed by atoms with van der Waals surface area (Å²) in [4.78, 5) is 0.148. The Hall–Kier alpha value is -2.21. The largest absolute Gasteiger partial charge is 0.497 e. The van der Waals surface area contributed by atoms with Crippen molar-refractivity contribution in [3.63, 3.8) is 0 Å². The molecule has 0 atom stereocenters. The highest BCUT2D eigenvalue weighted by Gasteiger charge is 2.16. The van der Waals surface area contributed by atoms with Crippen molar-refractivity contribution < 1.29 is 13.2 Å². The van der Waals surface area contributed by atoms with Gasteiger partial charge in [0.2, 0.25) is 0 Å². The molecule has 0 radical (unpaired) electrons. The molecule has 2 rings (SSSR count). The van der Waals surface area contributed by atoms with Crippen LogP contribution in [0, 0.1) is 13.8 Å². The van der Waals surface area contributed by atoms with Crippen LogP contribution in [0.15, 0.2) is 41.3 Å². The van der Waals surface area contributed by atoms with Crippen molar-refractivity contribution in [2.24, 2.45) is 0 Å². The van der Waals surface area contributed by atoms with E-state index in [0.29, 0.717) is 17.1 Å². The predicted octanol–water partition coefficient (Wildman–Crippen LogP) is 2.70. The number of aryl methyl sites for hydroxylation is 2. The lowest BCUT2D eigenvalue weighted by atomic mass is 10.2. The van der Waals surface area contributed by atoms with Gasteiger partial charge in [-0.05, 0) is 61.4 Å². The van der Waals surface area contributed by atoms with E-state index in [0.717, 1.165) is 11.1 Å². The van der Waals surface area contributed by atoms with Crippen molar-refractivity contribution in [3.8, 4) is 5.75 Å². The lowest BCUT2D eigenvalue weighted by Gasteiger charge is -2.12. The van der Waals surface area contributed by atoms with Crippen molar-refractivity contribution in [1.29, 1.82) is 0 Å². The van der Waals surface area contributed by atoms with Gasteiger partial charge in [-0.1, -0.05) is 0 Å². The number of rotatable bonds is 4. The van der Waals surface area contributed by atoms with Gasteiger partial charge in [0, 0.05) is 5.69 Å². The maximum absolute atomic E-state index is 12.4. The molecule has 5 nitrogen and oxygen atoms in total. The smallest absolute Gasteiger partial charge is 0.261 e. The molecule has 6 heteroatoms. The Labute approximate surface area is 124 Å². The molecule has 0 bridgehead atoms. The molecule has 0 aliphatic carbocycles. The van der Waals surface area contributed by atoms with Gasteiger partial charge in [-0.25, -0.2) is 8.42 Å². The Kier molecular flexibility index (Phi) is 4.09. The van der Waals surface area contributed by atoms with Crippen LogP contribution in [0.2, 0.25) is 0 Å². The molecule has 21 heavy (non-hydrogen) atoms. The summed E-state index contributed by atoms with van der Waals surface area (Å²) in [6.07, 6.45) is 0. The molecule has 0 aliphatic rings. The number of nitrogens with one attached hydrogen (secondary N) is 1. The number of methoxy groups -OCH3 is 1. The number of sulfonamides is 1.